The van der Waals surface area contributed by atoms with Gasteiger partial charge in [0.2, 0.25) is 5.91 Å². The molecule has 0 fully saturated rings. The number of amides is 1. The van der Waals surface area contributed by atoms with E-state index in [1.54, 1.807) is 36.4 Å². The van der Waals surface area contributed by atoms with E-state index in [1.807, 2.05) is 18.2 Å². The number of hydrogen-bond acceptors (Lipinski definition) is 2. The van der Waals surface area contributed by atoms with Gasteiger partial charge in [-0.05, 0) is 5.56 Å². The van der Waals surface area contributed by atoms with Crippen LogP contribution in [0.15, 0.2) is 61.2 Å². The van der Waals surface area contributed by atoms with Gasteiger partial charge in [-0.2, -0.15) is 0 Å². The molecule has 0 heterocycles. The van der Waals surface area contributed by atoms with Crippen LogP contribution >= 0.6 is 0 Å². The van der Waals surface area contributed by atoms with Crippen molar-refractivity contribution in [3.63, 3.8) is 0 Å². The summed E-state index contributed by atoms with van der Waals surface area (Å²) in [5, 5.41) is 0. The Morgan fingerprint density at radius 2 is 1.26 bits per heavy atom. The molecule has 0 aromatic heterocycles. The molecule has 2 aromatic rings. The van der Waals surface area contributed by atoms with Crippen molar-refractivity contribution >= 4 is 17.3 Å². The summed E-state index contributed by atoms with van der Waals surface area (Å²) in [6, 6.07) is 15.7. The van der Waals surface area contributed by atoms with Crippen LogP contribution in [0.1, 0.15) is 21.5 Å². The number of rotatable bonds is 4. The van der Waals surface area contributed by atoms with Crippen LogP contribution < -0.4 is 5.73 Å². The van der Waals surface area contributed by atoms with E-state index in [0.29, 0.717) is 16.7 Å². The molecule has 0 saturated heterocycles. The molecule has 0 atom stereocenters. The summed E-state index contributed by atoms with van der Waals surface area (Å²) in [5.41, 5.74) is 7.20. The van der Waals surface area contributed by atoms with Crippen molar-refractivity contribution in [1.29, 1.82) is 0 Å². The summed E-state index contributed by atoms with van der Waals surface area (Å²) >= 11 is 0. The summed E-state index contributed by atoms with van der Waals surface area (Å²) in [5.74, 6) is -0.626. The van der Waals surface area contributed by atoms with Gasteiger partial charge in [0.25, 0.3) is 0 Å². The molecule has 3 nitrogen and oxygen atoms in total. The number of primary amides is 1. The predicted octanol–water partition coefficient (Wildman–Crippen LogP) is 2.42. The SMILES string of the molecule is C=C(C(N)=O)c1ccc(C(=O)c2ccccc2)cc1. The number of carbonyl (C=O) groups excluding carboxylic acids is 2. The highest BCUT2D eigenvalue weighted by molar-refractivity contribution is 6.18. The lowest BCUT2D eigenvalue weighted by Gasteiger charge is -2.04. The van der Waals surface area contributed by atoms with Gasteiger partial charge in [0.1, 0.15) is 0 Å². The molecule has 19 heavy (non-hydrogen) atoms. The largest absolute Gasteiger partial charge is 0.366 e. The monoisotopic (exact) mass is 251 g/mol. The maximum absolute atomic E-state index is 12.1. The lowest BCUT2D eigenvalue weighted by atomic mass is 10.00. The second-order valence-corrected chi connectivity index (χ2v) is 4.12. The van der Waals surface area contributed by atoms with E-state index in [1.165, 1.54) is 0 Å². The Kier molecular flexibility index (Phi) is 3.57. The summed E-state index contributed by atoms with van der Waals surface area (Å²) in [6.07, 6.45) is 0. The van der Waals surface area contributed by atoms with Gasteiger partial charge in [0.15, 0.2) is 5.78 Å². The highest BCUT2D eigenvalue weighted by Gasteiger charge is 2.10. The van der Waals surface area contributed by atoms with E-state index >= 15 is 0 Å². The molecule has 94 valence electrons. The highest BCUT2D eigenvalue weighted by Crippen LogP contribution is 2.15. The first kappa shape index (κ1) is 12.8. The van der Waals surface area contributed by atoms with Crippen LogP contribution in [0, 0.1) is 0 Å². The third-order valence-electron chi connectivity index (χ3n) is 2.83. The molecule has 0 bridgehead atoms. The maximum Gasteiger partial charge on any atom is 0.248 e. The van der Waals surface area contributed by atoms with Crippen molar-refractivity contribution in [2.75, 3.05) is 0 Å². The van der Waals surface area contributed by atoms with Crippen molar-refractivity contribution in [3.05, 3.63) is 77.9 Å². The van der Waals surface area contributed by atoms with Crippen LogP contribution in [0.4, 0.5) is 0 Å². The maximum atomic E-state index is 12.1. The Bertz CT molecular complexity index is 628. The first-order chi connectivity index (χ1) is 9.09. The molecule has 2 aromatic carbocycles. The molecule has 0 aliphatic rings. The van der Waals surface area contributed by atoms with Crippen molar-refractivity contribution < 1.29 is 9.59 Å². The van der Waals surface area contributed by atoms with Crippen molar-refractivity contribution in [2.24, 2.45) is 5.73 Å². The Labute approximate surface area is 111 Å². The van der Waals surface area contributed by atoms with Crippen LogP contribution in [0.5, 0.6) is 0 Å². The van der Waals surface area contributed by atoms with E-state index in [4.69, 9.17) is 5.73 Å². The van der Waals surface area contributed by atoms with Gasteiger partial charge in [0.05, 0.1) is 0 Å². The van der Waals surface area contributed by atoms with Gasteiger partial charge >= 0.3 is 0 Å². The van der Waals surface area contributed by atoms with Crippen molar-refractivity contribution in [3.8, 4) is 0 Å². The molecule has 1 amide bonds. The van der Waals surface area contributed by atoms with Crippen LogP contribution in [-0.2, 0) is 4.79 Å². The normalized spacial score (nSPS) is 9.89. The van der Waals surface area contributed by atoms with Gasteiger partial charge in [-0.3, -0.25) is 9.59 Å². The molecule has 0 aliphatic heterocycles. The Morgan fingerprint density at radius 1 is 0.789 bits per heavy atom. The van der Waals surface area contributed by atoms with Crippen molar-refractivity contribution in [2.45, 2.75) is 0 Å². The Morgan fingerprint density at radius 3 is 1.79 bits per heavy atom. The fourth-order valence-corrected chi connectivity index (χ4v) is 1.72. The van der Waals surface area contributed by atoms with E-state index in [2.05, 4.69) is 6.58 Å². The minimum absolute atomic E-state index is 0.0585. The van der Waals surface area contributed by atoms with Crippen molar-refractivity contribution in [1.82, 2.24) is 0 Å². The van der Waals surface area contributed by atoms with Crippen LogP contribution in [0.2, 0.25) is 0 Å². The number of ketones is 1. The van der Waals surface area contributed by atoms with E-state index in [-0.39, 0.29) is 11.4 Å². The summed E-state index contributed by atoms with van der Waals surface area (Å²) in [6.45, 7) is 3.60. The minimum atomic E-state index is -0.567. The lowest BCUT2D eigenvalue weighted by Crippen LogP contribution is -2.12. The molecule has 2 rings (SSSR count). The molecular weight excluding hydrogens is 238 g/mol. The molecule has 0 spiro atoms. The minimum Gasteiger partial charge on any atom is -0.366 e. The standard InChI is InChI=1S/C16H13NO2/c1-11(16(17)19)12-7-9-14(10-8-12)15(18)13-5-3-2-4-6-13/h2-10H,1H2,(H2,17,19). The van der Waals surface area contributed by atoms with Gasteiger partial charge in [-0.25, -0.2) is 0 Å². The molecule has 0 aliphatic carbocycles. The lowest BCUT2D eigenvalue weighted by molar-refractivity contribution is -0.112. The quantitative estimate of drug-likeness (QED) is 0.670. The average molecular weight is 251 g/mol. The molecule has 3 heteroatoms. The topological polar surface area (TPSA) is 60.2 Å². The second kappa shape index (κ2) is 5.31. The van der Waals surface area contributed by atoms with Gasteiger partial charge in [0, 0.05) is 16.7 Å². The third kappa shape index (κ3) is 2.77. The number of hydrogen-bond donors (Lipinski definition) is 1. The molecule has 2 N–H and O–H groups in total. The molecule has 0 saturated carbocycles. The van der Waals surface area contributed by atoms with Gasteiger partial charge in [-0.15, -0.1) is 0 Å². The molecule has 0 unspecified atom stereocenters. The second-order valence-electron chi connectivity index (χ2n) is 4.12. The number of benzene rings is 2. The summed E-state index contributed by atoms with van der Waals surface area (Å²) in [7, 11) is 0. The van der Waals surface area contributed by atoms with E-state index in [0.717, 1.165) is 0 Å². The summed E-state index contributed by atoms with van der Waals surface area (Å²) < 4.78 is 0. The Hall–Kier alpha value is -2.68. The fourth-order valence-electron chi connectivity index (χ4n) is 1.72. The van der Waals surface area contributed by atoms with E-state index in [9.17, 15) is 9.59 Å². The van der Waals surface area contributed by atoms with Gasteiger partial charge in [-0.1, -0.05) is 61.2 Å². The average Bonchev–Trinajstić information content (AvgIpc) is 2.46. The number of carbonyl (C=O) groups is 2. The van der Waals surface area contributed by atoms with Crippen LogP contribution in [0.25, 0.3) is 5.57 Å². The first-order valence-corrected chi connectivity index (χ1v) is 5.78. The zero-order chi connectivity index (χ0) is 13.8. The Balaban J connectivity index is 2.26. The smallest absolute Gasteiger partial charge is 0.248 e. The zero-order valence-electron chi connectivity index (χ0n) is 10.3. The van der Waals surface area contributed by atoms with Gasteiger partial charge < -0.3 is 5.73 Å². The zero-order valence-corrected chi connectivity index (χ0v) is 10.3. The highest BCUT2D eigenvalue weighted by atomic mass is 16.1. The summed E-state index contributed by atoms with van der Waals surface area (Å²) in [4.78, 5) is 23.1. The fraction of sp³-hybridized carbons (Fsp3) is 0. The molecule has 0 radical (unpaired) electrons. The predicted molar refractivity (Wildman–Crippen MR) is 74.5 cm³/mol. The third-order valence-corrected chi connectivity index (χ3v) is 2.83. The van der Waals surface area contributed by atoms with E-state index < -0.39 is 5.91 Å². The molecular formula is C16H13NO2. The first-order valence-electron chi connectivity index (χ1n) is 5.78. The van der Waals surface area contributed by atoms with Crippen LogP contribution in [-0.4, -0.2) is 11.7 Å². The number of nitrogens with two attached hydrogens (primary N) is 1. The van der Waals surface area contributed by atoms with Crippen LogP contribution in [0.3, 0.4) is 0 Å².